The van der Waals surface area contributed by atoms with Gasteiger partial charge in [-0.1, -0.05) is 65.0 Å². The fraction of sp³-hybridized carbons (Fsp3) is 0.857. The standard InChI is InChI=1S/C7H16.C7H14/c2*1-4-6-7(3)5-2/h7H,4-6H2,1-3H3;5H,4,6H2,1-3H3. The third kappa shape index (κ3) is 14.3. The Labute approximate surface area is 91.8 Å². The minimum atomic E-state index is 0.949. The third-order valence-electron chi connectivity index (χ3n) is 2.62. The molecule has 0 heteroatoms. The van der Waals surface area contributed by atoms with Crippen LogP contribution < -0.4 is 0 Å². The monoisotopic (exact) mass is 198 g/mol. The fourth-order valence-corrected chi connectivity index (χ4v) is 1.24. The average molecular weight is 198 g/mol. The van der Waals surface area contributed by atoms with Crippen molar-refractivity contribution in [2.24, 2.45) is 5.92 Å². The summed E-state index contributed by atoms with van der Waals surface area (Å²) in [5.41, 5.74) is 1.50. The van der Waals surface area contributed by atoms with E-state index < -0.39 is 0 Å². The molecule has 0 spiro atoms. The Morgan fingerprint density at radius 3 is 1.86 bits per heavy atom. The minimum absolute atomic E-state index is 0.949. The zero-order valence-electron chi connectivity index (χ0n) is 11.2. The van der Waals surface area contributed by atoms with Gasteiger partial charge in [-0.25, -0.2) is 0 Å². The second-order valence-corrected chi connectivity index (χ2v) is 4.19. The molecule has 86 valence electrons. The molecule has 0 saturated heterocycles. The van der Waals surface area contributed by atoms with Crippen molar-refractivity contribution in [2.45, 2.75) is 73.6 Å². The van der Waals surface area contributed by atoms with E-state index in [1.54, 1.807) is 0 Å². The summed E-state index contributed by atoms with van der Waals surface area (Å²) in [6.45, 7) is 13.3. The molecule has 0 amide bonds. The largest absolute Gasteiger partial charge is 0.0887 e. The number of rotatable bonds is 5. The average Bonchev–Trinajstić information content (AvgIpc) is 2.19. The summed E-state index contributed by atoms with van der Waals surface area (Å²) >= 11 is 0. The van der Waals surface area contributed by atoms with Crippen molar-refractivity contribution >= 4 is 0 Å². The molecule has 0 saturated carbocycles. The molecule has 0 aliphatic rings. The van der Waals surface area contributed by atoms with Crippen molar-refractivity contribution in [3.8, 4) is 0 Å². The van der Waals surface area contributed by atoms with Crippen molar-refractivity contribution in [3.63, 3.8) is 0 Å². The van der Waals surface area contributed by atoms with Crippen molar-refractivity contribution < 1.29 is 0 Å². The van der Waals surface area contributed by atoms with Gasteiger partial charge in [-0.05, 0) is 26.2 Å². The first-order valence-electron chi connectivity index (χ1n) is 6.23. The van der Waals surface area contributed by atoms with Crippen LogP contribution in [-0.4, -0.2) is 0 Å². The summed E-state index contributed by atoms with van der Waals surface area (Å²) in [6, 6.07) is 0. The summed E-state index contributed by atoms with van der Waals surface area (Å²) in [5, 5.41) is 0. The molecule has 14 heavy (non-hydrogen) atoms. The lowest BCUT2D eigenvalue weighted by Gasteiger charge is -2.02. The van der Waals surface area contributed by atoms with Gasteiger partial charge in [0.25, 0.3) is 0 Å². The van der Waals surface area contributed by atoms with Crippen molar-refractivity contribution in [1.29, 1.82) is 0 Å². The van der Waals surface area contributed by atoms with Crippen LogP contribution >= 0.6 is 0 Å². The first-order valence-corrected chi connectivity index (χ1v) is 6.23. The highest BCUT2D eigenvalue weighted by atomic mass is 14.0. The van der Waals surface area contributed by atoms with E-state index in [-0.39, 0.29) is 0 Å². The van der Waals surface area contributed by atoms with Gasteiger partial charge in [0.1, 0.15) is 0 Å². The van der Waals surface area contributed by atoms with Gasteiger partial charge in [0.15, 0.2) is 0 Å². The highest BCUT2D eigenvalue weighted by Crippen LogP contribution is 2.07. The van der Waals surface area contributed by atoms with E-state index in [0.29, 0.717) is 0 Å². The maximum absolute atomic E-state index is 2.31. The summed E-state index contributed by atoms with van der Waals surface area (Å²) in [5.74, 6) is 0.949. The molecule has 1 unspecified atom stereocenters. The van der Waals surface area contributed by atoms with Crippen molar-refractivity contribution in [3.05, 3.63) is 11.6 Å². The molecule has 0 aliphatic carbocycles. The molecule has 0 heterocycles. The van der Waals surface area contributed by atoms with E-state index in [9.17, 15) is 0 Å². The minimum Gasteiger partial charge on any atom is -0.0887 e. The Hall–Kier alpha value is -0.260. The molecule has 0 aromatic carbocycles. The molecule has 0 aliphatic heterocycles. The molecule has 0 fully saturated rings. The Balaban J connectivity index is 0. The Morgan fingerprint density at radius 2 is 1.71 bits per heavy atom. The molecule has 0 nitrogen and oxygen atoms in total. The van der Waals surface area contributed by atoms with Crippen LogP contribution in [0, 0.1) is 5.92 Å². The fourth-order valence-electron chi connectivity index (χ4n) is 1.24. The molecule has 0 aromatic rings. The number of hydrogen-bond donors (Lipinski definition) is 0. The zero-order valence-corrected chi connectivity index (χ0v) is 11.2. The summed E-state index contributed by atoms with van der Waals surface area (Å²) in [6.07, 6.45) is 8.79. The van der Waals surface area contributed by atoms with Gasteiger partial charge < -0.3 is 0 Å². The smallest absolute Gasteiger partial charge is 0.0326 e. The summed E-state index contributed by atoms with van der Waals surface area (Å²) in [4.78, 5) is 0. The van der Waals surface area contributed by atoms with Crippen LogP contribution in [-0.2, 0) is 0 Å². The highest BCUT2D eigenvalue weighted by Gasteiger charge is 1.92. The summed E-state index contributed by atoms with van der Waals surface area (Å²) < 4.78 is 0. The lowest BCUT2D eigenvalue weighted by molar-refractivity contribution is 0.509. The van der Waals surface area contributed by atoms with Crippen LogP contribution in [0.1, 0.15) is 73.6 Å². The number of hydrogen-bond acceptors (Lipinski definition) is 0. The van der Waals surface area contributed by atoms with Gasteiger partial charge in [-0.3, -0.25) is 0 Å². The van der Waals surface area contributed by atoms with Gasteiger partial charge in [-0.15, -0.1) is 0 Å². The van der Waals surface area contributed by atoms with E-state index in [4.69, 9.17) is 0 Å². The van der Waals surface area contributed by atoms with Gasteiger partial charge in [-0.2, -0.15) is 0 Å². The quantitative estimate of drug-likeness (QED) is 0.505. The Bertz CT molecular complexity index is 122. The molecular formula is C14H30. The topological polar surface area (TPSA) is 0 Å². The summed E-state index contributed by atoms with van der Waals surface area (Å²) in [7, 11) is 0. The van der Waals surface area contributed by atoms with E-state index in [1.807, 2.05) is 0 Å². The first kappa shape index (κ1) is 16.2. The van der Waals surface area contributed by atoms with E-state index in [0.717, 1.165) is 5.92 Å². The molecule has 1 atom stereocenters. The molecular weight excluding hydrogens is 168 g/mol. The van der Waals surface area contributed by atoms with Crippen LogP contribution in [0.3, 0.4) is 0 Å². The van der Waals surface area contributed by atoms with Crippen molar-refractivity contribution in [2.75, 3.05) is 0 Å². The second-order valence-electron chi connectivity index (χ2n) is 4.19. The van der Waals surface area contributed by atoms with Crippen LogP contribution in [0.4, 0.5) is 0 Å². The van der Waals surface area contributed by atoms with Crippen LogP contribution in [0.15, 0.2) is 11.6 Å². The lowest BCUT2D eigenvalue weighted by atomic mass is 10.0. The highest BCUT2D eigenvalue weighted by molar-refractivity contribution is 4.94. The molecule has 0 radical (unpaired) electrons. The SMILES string of the molecule is CC=C(C)CCC.CCCC(C)CC. The van der Waals surface area contributed by atoms with Gasteiger partial charge in [0, 0.05) is 0 Å². The maximum atomic E-state index is 2.31. The second kappa shape index (κ2) is 12.7. The van der Waals surface area contributed by atoms with Crippen molar-refractivity contribution in [1.82, 2.24) is 0 Å². The van der Waals surface area contributed by atoms with Crippen LogP contribution in [0.25, 0.3) is 0 Å². The zero-order chi connectivity index (χ0) is 11.4. The normalized spacial score (nSPS) is 13.1. The number of allylic oxidation sites excluding steroid dienone is 2. The van der Waals surface area contributed by atoms with Crippen LogP contribution in [0.5, 0.6) is 0 Å². The molecule has 0 N–H and O–H groups in total. The Kier molecular flexibility index (Phi) is 14.7. The van der Waals surface area contributed by atoms with Gasteiger partial charge >= 0.3 is 0 Å². The molecule has 0 aromatic heterocycles. The molecule has 0 rings (SSSR count). The first-order chi connectivity index (χ1) is 6.62. The van der Waals surface area contributed by atoms with Gasteiger partial charge in [0.05, 0.1) is 0 Å². The molecule has 0 bridgehead atoms. The van der Waals surface area contributed by atoms with E-state index >= 15 is 0 Å². The van der Waals surface area contributed by atoms with Crippen LogP contribution in [0.2, 0.25) is 0 Å². The Morgan fingerprint density at radius 1 is 1.14 bits per heavy atom. The lowest BCUT2D eigenvalue weighted by Crippen LogP contribution is -1.88. The maximum Gasteiger partial charge on any atom is -0.0326 e. The predicted molar refractivity (Wildman–Crippen MR) is 68.7 cm³/mol. The predicted octanol–water partition coefficient (Wildman–Crippen LogP) is 5.59. The van der Waals surface area contributed by atoms with E-state index in [1.165, 1.54) is 37.7 Å². The third-order valence-corrected chi connectivity index (χ3v) is 2.62. The van der Waals surface area contributed by atoms with Gasteiger partial charge in [0.2, 0.25) is 0 Å². The van der Waals surface area contributed by atoms with E-state index in [2.05, 4.69) is 47.6 Å².